The number of rotatable bonds is 4. The van der Waals surface area contributed by atoms with Gasteiger partial charge in [-0.1, -0.05) is 18.2 Å². The van der Waals surface area contributed by atoms with Crippen LogP contribution in [0.5, 0.6) is 0 Å². The maximum atomic E-state index is 11.6. The van der Waals surface area contributed by atoms with Gasteiger partial charge in [0.2, 0.25) is 0 Å². The number of dihydropyridines is 1. The van der Waals surface area contributed by atoms with Gasteiger partial charge >= 0.3 is 5.97 Å². The van der Waals surface area contributed by atoms with Gasteiger partial charge in [0.05, 0.1) is 21.1 Å². The normalized spacial score (nSPS) is 17.7. The second kappa shape index (κ2) is 5.87. The number of nitro groups is 2. The summed E-state index contributed by atoms with van der Waals surface area (Å²) >= 11 is 0. The number of nitrogens with one attached hydrogen (secondary N) is 1. The van der Waals surface area contributed by atoms with E-state index in [0.29, 0.717) is 0 Å². The van der Waals surface area contributed by atoms with Crippen LogP contribution in [0, 0.1) is 20.2 Å². The Kier molecular flexibility index (Phi) is 4.12. The van der Waals surface area contributed by atoms with Crippen LogP contribution in [0.1, 0.15) is 25.3 Å². The number of para-hydroxylation sites is 1. The molecule has 0 amide bonds. The van der Waals surface area contributed by atoms with Crippen LogP contribution in [0.2, 0.25) is 0 Å². The third-order valence-corrected chi connectivity index (χ3v) is 3.60. The number of allylic oxidation sites excluding steroid dienone is 3. The molecule has 2 N–H and O–H groups in total. The zero-order valence-electron chi connectivity index (χ0n) is 12.3. The van der Waals surface area contributed by atoms with Gasteiger partial charge in [0, 0.05) is 17.3 Å². The van der Waals surface area contributed by atoms with Crippen LogP contribution in [-0.2, 0) is 4.79 Å². The number of carboxylic acid groups (broad SMARTS) is 1. The molecular weight excluding hydrogens is 306 g/mol. The number of aliphatic carboxylic acids is 1. The molecule has 0 saturated carbocycles. The van der Waals surface area contributed by atoms with Crippen LogP contribution < -0.4 is 5.32 Å². The number of benzene rings is 1. The molecule has 1 aromatic rings. The van der Waals surface area contributed by atoms with E-state index in [4.69, 9.17) is 0 Å². The van der Waals surface area contributed by atoms with E-state index >= 15 is 0 Å². The van der Waals surface area contributed by atoms with E-state index in [1.54, 1.807) is 0 Å². The van der Waals surface area contributed by atoms with Gasteiger partial charge in [-0.25, -0.2) is 4.79 Å². The summed E-state index contributed by atoms with van der Waals surface area (Å²) in [6, 6.07) is 5.42. The van der Waals surface area contributed by atoms with E-state index in [1.165, 1.54) is 38.1 Å². The summed E-state index contributed by atoms with van der Waals surface area (Å²) in [5.74, 6) is -2.70. The van der Waals surface area contributed by atoms with Crippen molar-refractivity contribution in [1.29, 1.82) is 0 Å². The van der Waals surface area contributed by atoms with Crippen molar-refractivity contribution in [2.75, 3.05) is 0 Å². The summed E-state index contributed by atoms with van der Waals surface area (Å²) in [7, 11) is 0. The van der Waals surface area contributed by atoms with Crippen molar-refractivity contribution in [2.24, 2.45) is 0 Å². The molecule has 1 heterocycles. The van der Waals surface area contributed by atoms with Crippen molar-refractivity contribution in [3.05, 3.63) is 72.7 Å². The molecular formula is C14H13N3O6. The third-order valence-electron chi connectivity index (χ3n) is 3.60. The molecule has 120 valence electrons. The van der Waals surface area contributed by atoms with Crippen LogP contribution in [0.15, 0.2) is 46.9 Å². The number of hydrogen-bond donors (Lipinski definition) is 2. The van der Waals surface area contributed by atoms with Crippen LogP contribution >= 0.6 is 0 Å². The standard InChI is InChI=1S/C14H13N3O6/c1-7-11(14(18)19)12(13(17(22)23)8(2)15-7)9-5-3-4-6-10(9)16(20)21/h3-6,12,15H,1-2H3,(H,18,19). The van der Waals surface area contributed by atoms with Gasteiger partial charge in [0.15, 0.2) is 0 Å². The fourth-order valence-corrected chi connectivity index (χ4v) is 2.71. The minimum atomic E-state index is -1.37. The first-order valence-corrected chi connectivity index (χ1v) is 6.55. The second-order valence-corrected chi connectivity index (χ2v) is 4.99. The Morgan fingerprint density at radius 2 is 1.74 bits per heavy atom. The molecule has 23 heavy (non-hydrogen) atoms. The Morgan fingerprint density at radius 3 is 2.26 bits per heavy atom. The SMILES string of the molecule is CC1=C(C(=O)O)C(c2ccccc2[N+](=O)[O-])C([N+](=O)[O-])=C(C)N1. The molecule has 0 saturated heterocycles. The van der Waals surface area contributed by atoms with Crippen molar-refractivity contribution >= 4 is 11.7 Å². The molecule has 0 bridgehead atoms. The zero-order valence-corrected chi connectivity index (χ0v) is 12.3. The van der Waals surface area contributed by atoms with Gasteiger partial charge in [-0.15, -0.1) is 0 Å². The predicted octanol–water partition coefficient (Wildman–Crippen LogP) is 2.15. The molecule has 1 aliphatic rings. The molecule has 9 nitrogen and oxygen atoms in total. The average molecular weight is 319 g/mol. The lowest BCUT2D eigenvalue weighted by atomic mass is 9.83. The number of carboxylic acids is 1. The highest BCUT2D eigenvalue weighted by molar-refractivity contribution is 5.91. The second-order valence-electron chi connectivity index (χ2n) is 4.99. The first-order valence-electron chi connectivity index (χ1n) is 6.55. The van der Waals surface area contributed by atoms with Gasteiger partial charge < -0.3 is 10.4 Å². The van der Waals surface area contributed by atoms with Crippen LogP contribution in [0.25, 0.3) is 0 Å². The Morgan fingerprint density at radius 1 is 1.13 bits per heavy atom. The van der Waals surface area contributed by atoms with Crippen molar-refractivity contribution in [3.8, 4) is 0 Å². The minimum Gasteiger partial charge on any atom is -0.478 e. The summed E-state index contributed by atoms with van der Waals surface area (Å²) in [5, 5.41) is 34.7. The van der Waals surface area contributed by atoms with E-state index < -0.39 is 27.4 Å². The topological polar surface area (TPSA) is 136 Å². The summed E-state index contributed by atoms with van der Waals surface area (Å²) in [6.45, 7) is 2.90. The maximum Gasteiger partial charge on any atom is 0.334 e. The van der Waals surface area contributed by atoms with Gasteiger partial charge in [0.1, 0.15) is 5.92 Å². The Bertz CT molecular complexity index is 744. The van der Waals surface area contributed by atoms with Gasteiger partial charge in [-0.3, -0.25) is 20.2 Å². The molecule has 2 rings (SSSR count). The maximum absolute atomic E-state index is 11.6. The fraction of sp³-hybridized carbons (Fsp3) is 0.214. The molecule has 0 aromatic heterocycles. The molecule has 9 heteroatoms. The van der Waals surface area contributed by atoms with E-state index in [0.717, 1.165) is 0 Å². The zero-order chi connectivity index (χ0) is 17.3. The molecule has 1 aliphatic heterocycles. The van der Waals surface area contributed by atoms with Crippen LogP contribution in [-0.4, -0.2) is 20.9 Å². The lowest BCUT2D eigenvalue weighted by Crippen LogP contribution is -2.31. The molecule has 1 unspecified atom stereocenters. The smallest absolute Gasteiger partial charge is 0.334 e. The van der Waals surface area contributed by atoms with Gasteiger partial charge in [-0.2, -0.15) is 0 Å². The highest BCUT2D eigenvalue weighted by Gasteiger charge is 2.43. The van der Waals surface area contributed by atoms with Crippen molar-refractivity contribution in [1.82, 2.24) is 5.32 Å². The lowest BCUT2D eigenvalue weighted by Gasteiger charge is -2.25. The number of nitro benzene ring substituents is 1. The molecule has 0 fully saturated rings. The van der Waals surface area contributed by atoms with Crippen molar-refractivity contribution in [3.63, 3.8) is 0 Å². The summed E-state index contributed by atoms with van der Waals surface area (Å²) in [6.07, 6.45) is 0. The lowest BCUT2D eigenvalue weighted by molar-refractivity contribution is -0.431. The first-order chi connectivity index (χ1) is 10.8. The highest BCUT2D eigenvalue weighted by Crippen LogP contribution is 2.41. The third kappa shape index (κ3) is 2.76. The van der Waals surface area contributed by atoms with E-state index in [2.05, 4.69) is 5.32 Å². The summed E-state index contributed by atoms with van der Waals surface area (Å²) in [4.78, 5) is 32.8. The summed E-state index contributed by atoms with van der Waals surface area (Å²) in [5.41, 5.74) is -0.719. The molecule has 0 aliphatic carbocycles. The fourth-order valence-electron chi connectivity index (χ4n) is 2.71. The molecule has 0 spiro atoms. The van der Waals surface area contributed by atoms with Gasteiger partial charge in [0.25, 0.3) is 11.4 Å². The molecule has 0 radical (unpaired) electrons. The molecule has 1 aromatic carbocycles. The predicted molar refractivity (Wildman–Crippen MR) is 79.0 cm³/mol. The van der Waals surface area contributed by atoms with Gasteiger partial charge in [-0.05, 0) is 13.8 Å². The largest absolute Gasteiger partial charge is 0.478 e. The minimum absolute atomic E-state index is 0.0261. The number of carbonyl (C=O) groups is 1. The highest BCUT2D eigenvalue weighted by atomic mass is 16.6. The monoisotopic (exact) mass is 319 g/mol. The number of nitrogens with zero attached hydrogens (tertiary/aromatic N) is 2. The van der Waals surface area contributed by atoms with E-state index in [-0.39, 0.29) is 28.2 Å². The average Bonchev–Trinajstić information content (AvgIpc) is 2.45. The van der Waals surface area contributed by atoms with Crippen LogP contribution in [0.3, 0.4) is 0 Å². The number of hydrogen-bond acceptors (Lipinski definition) is 6. The summed E-state index contributed by atoms with van der Waals surface area (Å²) < 4.78 is 0. The first kappa shape index (κ1) is 16.1. The quantitative estimate of drug-likeness (QED) is 0.641. The van der Waals surface area contributed by atoms with E-state index in [9.17, 15) is 30.1 Å². The van der Waals surface area contributed by atoms with E-state index in [1.807, 2.05) is 0 Å². The van der Waals surface area contributed by atoms with Crippen LogP contribution in [0.4, 0.5) is 5.69 Å². The Hall–Kier alpha value is -3.23. The Labute approximate surface area is 130 Å². The molecule has 1 atom stereocenters. The van der Waals surface area contributed by atoms with Crippen molar-refractivity contribution < 1.29 is 19.7 Å². The Balaban J connectivity index is 2.81. The van der Waals surface area contributed by atoms with Crippen molar-refractivity contribution in [2.45, 2.75) is 19.8 Å².